The Morgan fingerprint density at radius 2 is 2.05 bits per heavy atom. The largest absolute Gasteiger partial charge is 0.381 e. The number of nitrogens with zero attached hydrogens (tertiary/aromatic N) is 2. The highest BCUT2D eigenvalue weighted by Crippen LogP contribution is 2.46. The summed E-state index contributed by atoms with van der Waals surface area (Å²) in [5, 5.41) is 9.34. The Labute approximate surface area is 126 Å². The summed E-state index contributed by atoms with van der Waals surface area (Å²) in [5.74, 6) is 0. The summed E-state index contributed by atoms with van der Waals surface area (Å²) in [6, 6.07) is 6.57. The van der Waals surface area contributed by atoms with Crippen LogP contribution in [-0.2, 0) is 14.9 Å². The standard InChI is InChI=1S/C16H21BN2O2/c17-13-1-2-14(19-11-13)15(3-7-18)4-10-21-16(12-15)5-8-20-9-6-16/h1-2,11H,3-6,8-10,12,17H2. The van der Waals surface area contributed by atoms with Gasteiger partial charge in [-0.15, -0.1) is 0 Å². The van der Waals surface area contributed by atoms with Gasteiger partial charge in [-0.2, -0.15) is 5.26 Å². The third-order valence-electron chi connectivity index (χ3n) is 4.93. The van der Waals surface area contributed by atoms with E-state index in [9.17, 15) is 5.26 Å². The lowest BCUT2D eigenvalue weighted by Crippen LogP contribution is -2.50. The van der Waals surface area contributed by atoms with Crippen molar-refractivity contribution in [1.82, 2.24) is 4.98 Å². The molecular formula is C16H21BN2O2. The first-order valence-electron chi connectivity index (χ1n) is 7.70. The van der Waals surface area contributed by atoms with Gasteiger partial charge in [0.15, 0.2) is 0 Å². The van der Waals surface area contributed by atoms with Crippen molar-refractivity contribution in [3.05, 3.63) is 24.0 Å². The van der Waals surface area contributed by atoms with Crippen molar-refractivity contribution in [3.63, 3.8) is 0 Å². The third-order valence-corrected chi connectivity index (χ3v) is 4.93. The molecule has 0 aliphatic carbocycles. The Bertz CT molecular complexity index is 529. The molecule has 4 nitrogen and oxygen atoms in total. The van der Waals surface area contributed by atoms with Crippen molar-refractivity contribution in [2.24, 2.45) is 0 Å². The molecular weight excluding hydrogens is 263 g/mol. The predicted octanol–water partition coefficient (Wildman–Crippen LogP) is 0.851. The molecule has 2 aliphatic heterocycles. The first kappa shape index (κ1) is 14.6. The van der Waals surface area contributed by atoms with Crippen LogP contribution in [0.25, 0.3) is 0 Å². The number of aromatic nitrogens is 1. The van der Waals surface area contributed by atoms with Crippen LogP contribution in [-0.4, -0.2) is 38.3 Å². The lowest BCUT2D eigenvalue weighted by atomic mass is 9.67. The van der Waals surface area contributed by atoms with Crippen molar-refractivity contribution in [2.75, 3.05) is 19.8 Å². The van der Waals surface area contributed by atoms with E-state index in [1.165, 1.54) is 0 Å². The molecule has 2 saturated heterocycles. The van der Waals surface area contributed by atoms with E-state index in [1.807, 2.05) is 14.0 Å². The van der Waals surface area contributed by atoms with Crippen LogP contribution in [0, 0.1) is 11.3 Å². The zero-order valence-electron chi connectivity index (χ0n) is 12.6. The van der Waals surface area contributed by atoms with Crippen molar-refractivity contribution in [1.29, 1.82) is 5.26 Å². The van der Waals surface area contributed by atoms with E-state index < -0.39 is 0 Å². The molecule has 3 rings (SSSR count). The predicted molar refractivity (Wildman–Crippen MR) is 82.3 cm³/mol. The fourth-order valence-electron chi connectivity index (χ4n) is 3.68. The fraction of sp³-hybridized carbons (Fsp3) is 0.625. The van der Waals surface area contributed by atoms with Gasteiger partial charge in [0.05, 0.1) is 11.7 Å². The van der Waals surface area contributed by atoms with Gasteiger partial charge >= 0.3 is 0 Å². The average molecular weight is 284 g/mol. The van der Waals surface area contributed by atoms with Crippen molar-refractivity contribution in [3.8, 4) is 6.07 Å². The zero-order chi connectivity index (χ0) is 14.8. The molecule has 0 radical (unpaired) electrons. The molecule has 1 atom stereocenters. The van der Waals surface area contributed by atoms with E-state index >= 15 is 0 Å². The van der Waals surface area contributed by atoms with Crippen LogP contribution in [0.15, 0.2) is 18.3 Å². The molecule has 0 bridgehead atoms. The van der Waals surface area contributed by atoms with Gasteiger partial charge in [-0.05, 0) is 31.7 Å². The van der Waals surface area contributed by atoms with Gasteiger partial charge in [-0.1, -0.05) is 11.5 Å². The summed E-state index contributed by atoms with van der Waals surface area (Å²) in [7, 11) is 2.04. The first-order valence-corrected chi connectivity index (χ1v) is 7.70. The summed E-state index contributed by atoms with van der Waals surface area (Å²) in [4.78, 5) is 4.63. The fourth-order valence-corrected chi connectivity index (χ4v) is 3.68. The molecule has 1 aromatic heterocycles. The van der Waals surface area contributed by atoms with E-state index in [4.69, 9.17) is 9.47 Å². The van der Waals surface area contributed by atoms with Crippen molar-refractivity contribution >= 4 is 13.3 Å². The highest BCUT2D eigenvalue weighted by molar-refractivity contribution is 6.32. The average Bonchev–Trinajstić information content (AvgIpc) is 2.49. The molecule has 5 heteroatoms. The summed E-state index contributed by atoms with van der Waals surface area (Å²) in [5.41, 5.74) is 1.90. The molecule has 1 spiro atoms. The molecule has 3 heterocycles. The number of rotatable bonds is 2. The molecule has 0 amide bonds. The minimum Gasteiger partial charge on any atom is -0.381 e. The molecule has 1 unspecified atom stereocenters. The summed E-state index contributed by atoms with van der Waals surface area (Å²) >= 11 is 0. The molecule has 0 aromatic carbocycles. The maximum absolute atomic E-state index is 9.34. The molecule has 0 N–H and O–H groups in total. The SMILES string of the molecule is Bc1ccc(C2(CC#N)CCOC3(CCOCC3)C2)nc1. The number of hydrogen-bond acceptors (Lipinski definition) is 4. The van der Waals surface area contributed by atoms with Gasteiger partial charge in [0.25, 0.3) is 0 Å². The Morgan fingerprint density at radius 1 is 1.24 bits per heavy atom. The quantitative estimate of drug-likeness (QED) is 0.756. The normalized spacial score (nSPS) is 28.1. The van der Waals surface area contributed by atoms with Crippen LogP contribution in [0.2, 0.25) is 0 Å². The summed E-state index contributed by atoms with van der Waals surface area (Å²) < 4.78 is 11.6. The Kier molecular flexibility index (Phi) is 4.01. The monoisotopic (exact) mass is 284 g/mol. The number of pyridine rings is 1. The Morgan fingerprint density at radius 3 is 2.71 bits per heavy atom. The number of nitriles is 1. The third kappa shape index (κ3) is 2.83. The van der Waals surface area contributed by atoms with Crippen LogP contribution in [0.5, 0.6) is 0 Å². The number of ether oxygens (including phenoxy) is 2. The summed E-state index contributed by atoms with van der Waals surface area (Å²) in [6.45, 7) is 2.21. The Hall–Kier alpha value is -1.38. The second kappa shape index (κ2) is 5.78. The molecule has 1 aromatic rings. The van der Waals surface area contributed by atoms with Crippen LogP contribution in [0.4, 0.5) is 0 Å². The van der Waals surface area contributed by atoms with Crippen LogP contribution >= 0.6 is 0 Å². The highest BCUT2D eigenvalue weighted by Gasteiger charge is 2.48. The van der Waals surface area contributed by atoms with E-state index in [-0.39, 0.29) is 11.0 Å². The van der Waals surface area contributed by atoms with E-state index in [0.717, 1.165) is 50.1 Å². The second-order valence-corrected chi connectivity index (χ2v) is 6.41. The molecule has 21 heavy (non-hydrogen) atoms. The van der Waals surface area contributed by atoms with E-state index in [2.05, 4.69) is 23.2 Å². The molecule has 110 valence electrons. The van der Waals surface area contributed by atoms with E-state index in [0.29, 0.717) is 13.0 Å². The van der Waals surface area contributed by atoms with Gasteiger partial charge in [-0.25, -0.2) is 0 Å². The van der Waals surface area contributed by atoms with Gasteiger partial charge in [0.2, 0.25) is 0 Å². The molecule has 2 fully saturated rings. The molecule has 2 aliphatic rings. The maximum Gasteiger partial charge on any atom is 0.141 e. The zero-order valence-corrected chi connectivity index (χ0v) is 12.6. The number of hydrogen-bond donors (Lipinski definition) is 0. The van der Waals surface area contributed by atoms with Crippen LogP contribution in [0.3, 0.4) is 0 Å². The van der Waals surface area contributed by atoms with E-state index in [1.54, 1.807) is 0 Å². The minimum atomic E-state index is -0.169. The Balaban J connectivity index is 1.93. The maximum atomic E-state index is 9.34. The first-order chi connectivity index (χ1) is 10.2. The molecule has 0 saturated carbocycles. The van der Waals surface area contributed by atoms with Gasteiger partial charge in [-0.3, -0.25) is 4.98 Å². The second-order valence-electron chi connectivity index (χ2n) is 6.41. The van der Waals surface area contributed by atoms with Gasteiger partial charge in [0, 0.05) is 43.5 Å². The highest BCUT2D eigenvalue weighted by atomic mass is 16.5. The summed E-state index contributed by atoms with van der Waals surface area (Å²) in [6.07, 6.45) is 6.01. The topological polar surface area (TPSA) is 55.1 Å². The van der Waals surface area contributed by atoms with Gasteiger partial charge < -0.3 is 9.47 Å². The van der Waals surface area contributed by atoms with Crippen molar-refractivity contribution < 1.29 is 9.47 Å². The van der Waals surface area contributed by atoms with Crippen molar-refractivity contribution in [2.45, 2.75) is 43.1 Å². The lowest BCUT2D eigenvalue weighted by molar-refractivity contribution is -0.153. The van der Waals surface area contributed by atoms with Gasteiger partial charge in [0.1, 0.15) is 7.85 Å². The smallest absolute Gasteiger partial charge is 0.141 e. The lowest BCUT2D eigenvalue weighted by Gasteiger charge is -2.48. The minimum absolute atomic E-state index is 0.125. The van der Waals surface area contributed by atoms with Crippen LogP contribution < -0.4 is 5.46 Å². The van der Waals surface area contributed by atoms with Crippen LogP contribution in [0.1, 0.15) is 37.8 Å².